The third kappa shape index (κ3) is 2.39. The molecule has 0 aromatic heterocycles. The molecule has 1 unspecified atom stereocenters. The number of likely N-dealkylation sites (tertiary alicyclic amines) is 1. The maximum Gasteiger partial charge on any atom is 0.0793 e. The molecule has 1 aliphatic heterocycles. The molecule has 1 aliphatic rings. The molecule has 0 aromatic rings. The van der Waals surface area contributed by atoms with Crippen molar-refractivity contribution in [3.63, 3.8) is 0 Å². The SMILES string of the molecule is CC(CN1CC(O)C1)C(N)=S. The highest BCUT2D eigenvalue weighted by Gasteiger charge is 2.25. The topological polar surface area (TPSA) is 49.5 Å². The maximum atomic E-state index is 8.96. The van der Waals surface area contributed by atoms with Gasteiger partial charge in [0.25, 0.3) is 0 Å². The van der Waals surface area contributed by atoms with E-state index in [-0.39, 0.29) is 12.0 Å². The Bertz CT molecular complexity index is 157. The van der Waals surface area contributed by atoms with Gasteiger partial charge in [0.15, 0.2) is 0 Å². The first-order chi connectivity index (χ1) is 5.09. The van der Waals surface area contributed by atoms with Crippen molar-refractivity contribution >= 4 is 17.2 Å². The fourth-order valence-electron chi connectivity index (χ4n) is 1.17. The monoisotopic (exact) mass is 174 g/mol. The Morgan fingerprint density at radius 2 is 2.36 bits per heavy atom. The van der Waals surface area contributed by atoms with Gasteiger partial charge in [-0.05, 0) is 0 Å². The predicted molar refractivity (Wildman–Crippen MR) is 48.4 cm³/mol. The van der Waals surface area contributed by atoms with Crippen molar-refractivity contribution < 1.29 is 5.11 Å². The standard InChI is InChI=1S/C7H14N2OS/c1-5(7(8)11)2-9-3-6(10)4-9/h5-6,10H,2-4H2,1H3,(H2,8,11). The van der Waals surface area contributed by atoms with Gasteiger partial charge in [-0.25, -0.2) is 0 Å². The van der Waals surface area contributed by atoms with Gasteiger partial charge in [0, 0.05) is 25.6 Å². The first-order valence-electron chi connectivity index (χ1n) is 3.79. The molecule has 3 N–H and O–H groups in total. The molecule has 1 heterocycles. The van der Waals surface area contributed by atoms with Crippen molar-refractivity contribution in [3.8, 4) is 0 Å². The van der Waals surface area contributed by atoms with Crippen molar-refractivity contribution in [1.29, 1.82) is 0 Å². The van der Waals surface area contributed by atoms with Gasteiger partial charge in [0.05, 0.1) is 11.1 Å². The first-order valence-corrected chi connectivity index (χ1v) is 4.20. The molecule has 1 saturated heterocycles. The van der Waals surface area contributed by atoms with Gasteiger partial charge >= 0.3 is 0 Å². The second-order valence-corrected chi connectivity index (χ2v) is 3.65. The number of β-amino-alcohol motifs (C(OH)–C–C–N with tert-alkyl or cyclic N) is 1. The fourth-order valence-corrected chi connectivity index (χ4v) is 1.24. The van der Waals surface area contributed by atoms with Crippen LogP contribution in [0.5, 0.6) is 0 Å². The molecule has 1 fully saturated rings. The molecule has 0 aromatic carbocycles. The molecule has 4 heteroatoms. The Balaban J connectivity index is 2.16. The van der Waals surface area contributed by atoms with E-state index >= 15 is 0 Å². The molecule has 1 atom stereocenters. The Hall–Kier alpha value is -0.190. The summed E-state index contributed by atoms with van der Waals surface area (Å²) in [5.74, 6) is 0.262. The van der Waals surface area contributed by atoms with Crippen LogP contribution in [0.15, 0.2) is 0 Å². The zero-order valence-corrected chi connectivity index (χ0v) is 7.47. The van der Waals surface area contributed by atoms with Gasteiger partial charge < -0.3 is 10.8 Å². The van der Waals surface area contributed by atoms with Crippen LogP contribution in [-0.2, 0) is 0 Å². The summed E-state index contributed by atoms with van der Waals surface area (Å²) in [6.07, 6.45) is -0.131. The van der Waals surface area contributed by atoms with Crippen molar-refractivity contribution in [3.05, 3.63) is 0 Å². The summed E-state index contributed by atoms with van der Waals surface area (Å²) in [6, 6.07) is 0. The molecule has 3 nitrogen and oxygen atoms in total. The molecule has 0 bridgehead atoms. The minimum absolute atomic E-state index is 0.131. The van der Waals surface area contributed by atoms with Crippen molar-refractivity contribution in [2.75, 3.05) is 19.6 Å². The summed E-state index contributed by atoms with van der Waals surface area (Å²) in [5, 5.41) is 8.96. The largest absolute Gasteiger partial charge is 0.393 e. The van der Waals surface area contributed by atoms with Gasteiger partial charge in [0.2, 0.25) is 0 Å². The van der Waals surface area contributed by atoms with Crippen LogP contribution in [0, 0.1) is 5.92 Å². The molecule has 64 valence electrons. The lowest BCUT2D eigenvalue weighted by Gasteiger charge is -2.37. The van der Waals surface area contributed by atoms with E-state index in [1.165, 1.54) is 0 Å². The van der Waals surface area contributed by atoms with Crippen molar-refractivity contribution in [1.82, 2.24) is 4.90 Å². The lowest BCUT2D eigenvalue weighted by atomic mass is 10.1. The Kier molecular flexibility index (Phi) is 2.81. The van der Waals surface area contributed by atoms with Crippen LogP contribution in [0.25, 0.3) is 0 Å². The normalized spacial score (nSPS) is 22.7. The summed E-state index contributed by atoms with van der Waals surface area (Å²) >= 11 is 4.83. The van der Waals surface area contributed by atoms with Gasteiger partial charge in [-0.3, -0.25) is 4.90 Å². The number of aliphatic hydroxyl groups excluding tert-OH is 1. The molecular weight excluding hydrogens is 160 g/mol. The summed E-state index contributed by atoms with van der Waals surface area (Å²) in [5.41, 5.74) is 5.44. The average molecular weight is 174 g/mol. The number of nitrogens with zero attached hydrogens (tertiary/aromatic N) is 1. The Morgan fingerprint density at radius 1 is 1.82 bits per heavy atom. The summed E-state index contributed by atoms with van der Waals surface area (Å²) in [6.45, 7) is 4.43. The van der Waals surface area contributed by atoms with Crippen LogP contribution in [0.4, 0.5) is 0 Å². The van der Waals surface area contributed by atoms with E-state index in [1.807, 2.05) is 6.92 Å². The molecule has 0 saturated carbocycles. The predicted octanol–water partition coefficient (Wildman–Crippen LogP) is -0.415. The van der Waals surface area contributed by atoms with Crippen LogP contribution >= 0.6 is 12.2 Å². The summed E-state index contributed by atoms with van der Waals surface area (Å²) in [4.78, 5) is 2.71. The van der Waals surface area contributed by atoms with E-state index in [0.29, 0.717) is 4.99 Å². The van der Waals surface area contributed by atoms with Crippen LogP contribution in [-0.4, -0.2) is 40.7 Å². The fraction of sp³-hybridized carbons (Fsp3) is 0.857. The second kappa shape index (κ2) is 3.47. The first kappa shape index (κ1) is 8.90. The Morgan fingerprint density at radius 3 is 2.73 bits per heavy atom. The maximum absolute atomic E-state index is 8.96. The quantitative estimate of drug-likeness (QED) is 0.571. The number of aliphatic hydroxyl groups is 1. The van der Waals surface area contributed by atoms with Gasteiger partial charge in [-0.2, -0.15) is 0 Å². The number of rotatable bonds is 3. The summed E-state index contributed by atoms with van der Waals surface area (Å²) < 4.78 is 0. The van der Waals surface area contributed by atoms with Crippen LogP contribution < -0.4 is 5.73 Å². The van der Waals surface area contributed by atoms with E-state index in [9.17, 15) is 0 Å². The highest BCUT2D eigenvalue weighted by molar-refractivity contribution is 7.80. The van der Waals surface area contributed by atoms with Gasteiger partial charge in [-0.15, -0.1) is 0 Å². The van der Waals surface area contributed by atoms with Crippen LogP contribution in [0.1, 0.15) is 6.92 Å². The third-order valence-corrected chi connectivity index (χ3v) is 2.36. The van der Waals surface area contributed by atoms with E-state index in [0.717, 1.165) is 19.6 Å². The highest BCUT2D eigenvalue weighted by Crippen LogP contribution is 2.10. The van der Waals surface area contributed by atoms with Crippen molar-refractivity contribution in [2.24, 2.45) is 11.7 Å². The molecular formula is C7H14N2OS. The second-order valence-electron chi connectivity index (χ2n) is 3.18. The molecule has 0 spiro atoms. The zero-order valence-electron chi connectivity index (χ0n) is 6.66. The van der Waals surface area contributed by atoms with E-state index < -0.39 is 0 Å². The van der Waals surface area contributed by atoms with E-state index in [2.05, 4.69) is 4.90 Å². The molecule has 0 aliphatic carbocycles. The van der Waals surface area contributed by atoms with E-state index in [4.69, 9.17) is 23.1 Å². The van der Waals surface area contributed by atoms with Crippen LogP contribution in [0.3, 0.4) is 0 Å². The van der Waals surface area contributed by atoms with Gasteiger partial charge in [0.1, 0.15) is 0 Å². The summed E-state index contributed by atoms with van der Waals surface area (Å²) in [7, 11) is 0. The third-order valence-electron chi connectivity index (χ3n) is 1.96. The highest BCUT2D eigenvalue weighted by atomic mass is 32.1. The average Bonchev–Trinajstić information content (AvgIpc) is 1.84. The number of hydrogen-bond acceptors (Lipinski definition) is 3. The van der Waals surface area contributed by atoms with Crippen LogP contribution in [0.2, 0.25) is 0 Å². The zero-order chi connectivity index (χ0) is 8.43. The van der Waals surface area contributed by atoms with E-state index in [1.54, 1.807) is 0 Å². The number of hydrogen-bond donors (Lipinski definition) is 2. The lowest BCUT2D eigenvalue weighted by Crippen LogP contribution is -2.52. The molecule has 11 heavy (non-hydrogen) atoms. The molecule has 1 rings (SSSR count). The van der Waals surface area contributed by atoms with Gasteiger partial charge in [-0.1, -0.05) is 19.1 Å². The molecule has 0 amide bonds. The minimum Gasteiger partial charge on any atom is -0.393 e. The smallest absolute Gasteiger partial charge is 0.0793 e. The lowest BCUT2D eigenvalue weighted by molar-refractivity contribution is -0.000993. The minimum atomic E-state index is -0.131. The number of thiocarbonyl (C=S) groups is 1. The molecule has 0 radical (unpaired) electrons. The van der Waals surface area contributed by atoms with Crippen molar-refractivity contribution in [2.45, 2.75) is 13.0 Å². The number of nitrogens with two attached hydrogens (primary N) is 1. The Labute approximate surface area is 72.2 Å².